The maximum atomic E-state index is 12.0. The molecule has 0 unspecified atom stereocenters. The number of aromatic nitrogens is 2. The minimum absolute atomic E-state index is 0.0120. The normalized spacial score (nSPS) is 11.5. The first-order valence-electron chi connectivity index (χ1n) is 7.79. The molecule has 4 rings (SSSR count). The molecule has 3 aromatic heterocycles. The van der Waals surface area contributed by atoms with Gasteiger partial charge >= 0.3 is 5.63 Å². The van der Waals surface area contributed by atoms with Gasteiger partial charge in [-0.1, -0.05) is 23.4 Å². The molecule has 0 aliphatic rings. The lowest BCUT2D eigenvalue weighted by atomic mass is 10.1. The second kappa shape index (κ2) is 6.93. The van der Waals surface area contributed by atoms with Crippen LogP contribution in [0.2, 0.25) is 0 Å². The number of nitrogens with zero attached hydrogens (tertiary/aromatic N) is 3. The Labute approximate surface area is 151 Å². The van der Waals surface area contributed by atoms with Gasteiger partial charge in [0.25, 0.3) is 0 Å². The summed E-state index contributed by atoms with van der Waals surface area (Å²) in [4.78, 5) is 21.5. The van der Waals surface area contributed by atoms with Gasteiger partial charge in [0.05, 0.1) is 5.39 Å². The van der Waals surface area contributed by atoms with E-state index in [1.165, 1.54) is 6.21 Å². The smallest absolute Gasteiger partial charge is 0.348 e. The molecule has 130 valence electrons. The summed E-state index contributed by atoms with van der Waals surface area (Å²) < 4.78 is 10.3. The highest BCUT2D eigenvalue weighted by atomic mass is 32.1. The van der Waals surface area contributed by atoms with Gasteiger partial charge in [0.1, 0.15) is 23.4 Å². The van der Waals surface area contributed by atoms with Crippen molar-refractivity contribution in [3.63, 3.8) is 0 Å². The van der Waals surface area contributed by atoms with Crippen LogP contribution in [0.5, 0.6) is 5.75 Å². The van der Waals surface area contributed by atoms with Crippen LogP contribution in [0.15, 0.2) is 60.5 Å². The number of thiophene rings is 1. The zero-order valence-corrected chi connectivity index (χ0v) is 14.3. The third-order valence-electron chi connectivity index (χ3n) is 3.69. The predicted molar refractivity (Wildman–Crippen MR) is 96.9 cm³/mol. The molecule has 8 heteroatoms. The van der Waals surface area contributed by atoms with Crippen molar-refractivity contribution in [2.75, 3.05) is 0 Å². The minimum Gasteiger partial charge on any atom is -0.506 e. The molecule has 0 bridgehead atoms. The molecule has 26 heavy (non-hydrogen) atoms. The molecular weight excluding hydrogens is 354 g/mol. The topological polar surface area (TPSA) is 102 Å². The first-order chi connectivity index (χ1) is 12.7. The lowest BCUT2D eigenvalue weighted by Crippen LogP contribution is -2.07. The van der Waals surface area contributed by atoms with Crippen LogP contribution in [0.3, 0.4) is 0 Å². The Morgan fingerprint density at radius 2 is 2.12 bits per heavy atom. The van der Waals surface area contributed by atoms with E-state index in [-0.39, 0.29) is 17.9 Å². The van der Waals surface area contributed by atoms with Crippen LogP contribution in [-0.4, -0.2) is 21.5 Å². The highest BCUT2D eigenvalue weighted by Gasteiger charge is 2.12. The molecule has 0 atom stereocenters. The summed E-state index contributed by atoms with van der Waals surface area (Å²) in [5.41, 5.74) is -0.349. The number of fused-ring (bicyclic) bond motifs is 1. The average molecular weight is 367 g/mol. The third-order valence-corrected chi connectivity index (χ3v) is 4.57. The van der Waals surface area contributed by atoms with Crippen LogP contribution in [0.4, 0.5) is 0 Å². The van der Waals surface area contributed by atoms with Crippen LogP contribution in [0, 0.1) is 0 Å². The molecule has 0 spiro atoms. The maximum absolute atomic E-state index is 12.0. The second-order valence-corrected chi connectivity index (χ2v) is 6.51. The van der Waals surface area contributed by atoms with E-state index < -0.39 is 5.63 Å². The molecule has 1 aromatic carbocycles. The molecule has 0 saturated carbocycles. The van der Waals surface area contributed by atoms with Gasteiger partial charge in [-0.15, -0.1) is 11.3 Å². The van der Waals surface area contributed by atoms with Crippen LogP contribution >= 0.6 is 11.3 Å². The van der Waals surface area contributed by atoms with Crippen molar-refractivity contribution in [2.24, 2.45) is 4.99 Å². The van der Waals surface area contributed by atoms with Gasteiger partial charge in [-0.25, -0.2) is 4.79 Å². The first-order valence-corrected chi connectivity index (χ1v) is 8.67. The standard InChI is InChI=1S/C18H13N3O4S/c22-17-12-5-1-2-6-14(12)24-18(23)13(17)9-19-10-16-20-15(21-25-16)8-11-4-3-7-26-11/h1-7,9,22H,8,10H2. The summed E-state index contributed by atoms with van der Waals surface area (Å²) in [6.45, 7) is 0.100. The van der Waals surface area contributed by atoms with Crippen LogP contribution in [0.25, 0.3) is 11.0 Å². The molecule has 0 saturated heterocycles. The molecule has 1 N–H and O–H groups in total. The van der Waals surface area contributed by atoms with Crippen molar-refractivity contribution < 1.29 is 14.0 Å². The van der Waals surface area contributed by atoms with Gasteiger partial charge in [0.15, 0.2) is 5.82 Å². The number of para-hydroxylation sites is 1. The Morgan fingerprint density at radius 3 is 2.96 bits per heavy atom. The molecule has 0 amide bonds. The molecule has 0 radical (unpaired) electrons. The summed E-state index contributed by atoms with van der Waals surface area (Å²) in [5.74, 6) is 0.743. The molecular formula is C18H13N3O4S. The van der Waals surface area contributed by atoms with Crippen LogP contribution in [0.1, 0.15) is 22.2 Å². The number of hydrogen-bond acceptors (Lipinski definition) is 8. The lowest BCUT2D eigenvalue weighted by Gasteiger charge is -2.01. The quantitative estimate of drug-likeness (QED) is 0.429. The van der Waals surface area contributed by atoms with Crippen molar-refractivity contribution >= 4 is 28.5 Å². The van der Waals surface area contributed by atoms with Crippen molar-refractivity contribution in [1.82, 2.24) is 10.1 Å². The number of rotatable bonds is 5. The Balaban J connectivity index is 1.51. The summed E-state index contributed by atoms with van der Waals surface area (Å²) in [5, 5.41) is 16.6. The summed E-state index contributed by atoms with van der Waals surface area (Å²) in [7, 11) is 0. The van der Waals surface area contributed by atoms with Gasteiger partial charge in [-0.05, 0) is 23.6 Å². The highest BCUT2D eigenvalue weighted by molar-refractivity contribution is 7.09. The van der Waals surface area contributed by atoms with E-state index in [4.69, 9.17) is 8.94 Å². The number of benzene rings is 1. The Kier molecular flexibility index (Phi) is 4.32. The molecule has 0 aliphatic heterocycles. The Hall–Kier alpha value is -3.26. The van der Waals surface area contributed by atoms with Gasteiger partial charge in [0.2, 0.25) is 5.89 Å². The molecule has 4 aromatic rings. The lowest BCUT2D eigenvalue weighted by molar-refractivity contribution is 0.376. The minimum atomic E-state index is -0.658. The van der Waals surface area contributed by atoms with Gasteiger partial charge in [0, 0.05) is 17.5 Å². The summed E-state index contributed by atoms with van der Waals surface area (Å²) in [6.07, 6.45) is 1.86. The van der Waals surface area contributed by atoms with E-state index in [1.807, 2.05) is 17.5 Å². The predicted octanol–water partition coefficient (Wildman–Crippen LogP) is 3.15. The second-order valence-electron chi connectivity index (χ2n) is 5.48. The first kappa shape index (κ1) is 16.2. The van der Waals surface area contributed by atoms with Gasteiger partial charge in [-0.3, -0.25) is 4.99 Å². The fraction of sp³-hybridized carbons (Fsp3) is 0.111. The van der Waals surface area contributed by atoms with E-state index in [2.05, 4.69) is 15.1 Å². The SMILES string of the molecule is O=c1oc2ccccc2c(O)c1C=NCc1nc(Cc2cccs2)no1. The summed E-state index contributed by atoms with van der Waals surface area (Å²) >= 11 is 1.62. The molecule has 3 heterocycles. The monoisotopic (exact) mass is 367 g/mol. The zero-order valence-electron chi connectivity index (χ0n) is 13.5. The largest absolute Gasteiger partial charge is 0.506 e. The van der Waals surface area contributed by atoms with Crippen LogP contribution in [-0.2, 0) is 13.0 Å². The molecule has 0 fully saturated rings. The van der Waals surface area contributed by atoms with Crippen LogP contribution < -0.4 is 5.63 Å². The van der Waals surface area contributed by atoms with Crippen molar-refractivity contribution in [1.29, 1.82) is 0 Å². The molecule has 7 nitrogen and oxygen atoms in total. The third kappa shape index (κ3) is 3.27. The van der Waals surface area contributed by atoms with Crippen molar-refractivity contribution in [3.8, 4) is 5.75 Å². The van der Waals surface area contributed by atoms with E-state index in [0.29, 0.717) is 29.1 Å². The van der Waals surface area contributed by atoms with E-state index in [9.17, 15) is 9.90 Å². The Morgan fingerprint density at radius 1 is 1.23 bits per heavy atom. The Bertz CT molecular complexity index is 1130. The average Bonchev–Trinajstić information content (AvgIpc) is 3.30. The van der Waals surface area contributed by atoms with Gasteiger partial charge in [-0.2, -0.15) is 4.98 Å². The highest BCUT2D eigenvalue weighted by Crippen LogP contribution is 2.24. The zero-order chi connectivity index (χ0) is 17.9. The number of hydrogen-bond donors (Lipinski definition) is 1. The van der Waals surface area contributed by atoms with Crippen molar-refractivity contribution in [3.05, 3.63) is 74.4 Å². The van der Waals surface area contributed by atoms with E-state index >= 15 is 0 Å². The van der Waals surface area contributed by atoms with E-state index in [0.717, 1.165) is 4.88 Å². The number of aliphatic imine (C=N–C) groups is 1. The maximum Gasteiger partial charge on any atom is 0.348 e. The van der Waals surface area contributed by atoms with Crippen molar-refractivity contribution in [2.45, 2.75) is 13.0 Å². The fourth-order valence-electron chi connectivity index (χ4n) is 2.47. The fourth-order valence-corrected chi connectivity index (χ4v) is 3.17. The summed E-state index contributed by atoms with van der Waals surface area (Å²) in [6, 6.07) is 10.7. The molecule has 0 aliphatic carbocycles. The van der Waals surface area contributed by atoms with Gasteiger partial charge < -0.3 is 14.0 Å². The van der Waals surface area contributed by atoms with E-state index in [1.54, 1.807) is 35.6 Å². The number of aromatic hydroxyl groups is 1.